The second-order valence-corrected chi connectivity index (χ2v) is 6.73. The number of aromatic nitrogens is 2. The molecule has 1 amide bonds. The number of carbonyl (C=O) groups is 1. The molecule has 24 heavy (non-hydrogen) atoms. The number of rotatable bonds is 2. The molecular weight excluding hydrogens is 325 g/mol. The fourth-order valence-electron chi connectivity index (χ4n) is 2.81. The maximum Gasteiger partial charge on any atom is 0.271 e. The predicted octanol–water partition coefficient (Wildman–Crippen LogP) is 3.74. The normalized spacial score (nSPS) is 16.6. The monoisotopic (exact) mass is 339 g/mol. The third-order valence-corrected chi connectivity index (χ3v) is 5.12. The van der Waals surface area contributed by atoms with Gasteiger partial charge in [0.05, 0.1) is 23.3 Å². The number of fused-ring (bicyclic) bond motifs is 2. The van der Waals surface area contributed by atoms with E-state index in [1.807, 2.05) is 24.3 Å². The second-order valence-electron chi connectivity index (χ2n) is 5.59. The molecule has 0 unspecified atom stereocenters. The Morgan fingerprint density at radius 1 is 1.21 bits per heavy atom. The summed E-state index contributed by atoms with van der Waals surface area (Å²) < 4.78 is 13.6. The van der Waals surface area contributed by atoms with Crippen molar-refractivity contribution in [1.82, 2.24) is 15.3 Å². The lowest BCUT2D eigenvalue weighted by molar-refractivity contribution is 0.0930. The van der Waals surface area contributed by atoms with Crippen LogP contribution in [0.15, 0.2) is 53.6 Å². The van der Waals surface area contributed by atoms with Crippen LogP contribution in [0.5, 0.6) is 0 Å². The fourth-order valence-corrected chi connectivity index (χ4v) is 3.92. The summed E-state index contributed by atoms with van der Waals surface area (Å²) >= 11 is 1.68. The Hall–Kier alpha value is -2.47. The van der Waals surface area contributed by atoms with E-state index in [1.165, 1.54) is 18.3 Å². The first-order valence-electron chi connectivity index (χ1n) is 7.65. The Morgan fingerprint density at radius 3 is 2.92 bits per heavy atom. The van der Waals surface area contributed by atoms with Gasteiger partial charge in [0.2, 0.25) is 0 Å². The molecule has 0 fully saturated rings. The van der Waals surface area contributed by atoms with E-state index in [1.54, 1.807) is 17.8 Å². The molecule has 2 heterocycles. The highest BCUT2D eigenvalue weighted by molar-refractivity contribution is 7.99. The van der Waals surface area contributed by atoms with Crippen molar-refractivity contribution in [2.24, 2.45) is 0 Å². The smallest absolute Gasteiger partial charge is 0.271 e. The van der Waals surface area contributed by atoms with Crippen molar-refractivity contribution < 1.29 is 9.18 Å². The summed E-state index contributed by atoms with van der Waals surface area (Å²) in [5.74, 6) is 0.300. The first-order chi connectivity index (χ1) is 11.7. The minimum absolute atomic E-state index is 0.210. The van der Waals surface area contributed by atoms with E-state index in [-0.39, 0.29) is 23.5 Å². The number of hydrogen-bond acceptors (Lipinski definition) is 4. The van der Waals surface area contributed by atoms with E-state index in [0.29, 0.717) is 5.52 Å². The van der Waals surface area contributed by atoms with Gasteiger partial charge in [-0.15, -0.1) is 11.8 Å². The second kappa shape index (κ2) is 6.20. The van der Waals surface area contributed by atoms with Crippen LogP contribution in [0, 0.1) is 5.82 Å². The van der Waals surface area contributed by atoms with Crippen molar-refractivity contribution in [3.05, 3.63) is 65.7 Å². The van der Waals surface area contributed by atoms with Crippen LogP contribution in [0.3, 0.4) is 0 Å². The predicted molar refractivity (Wildman–Crippen MR) is 91.5 cm³/mol. The van der Waals surface area contributed by atoms with Crippen molar-refractivity contribution in [2.45, 2.75) is 17.4 Å². The highest BCUT2D eigenvalue weighted by atomic mass is 32.2. The average molecular weight is 339 g/mol. The van der Waals surface area contributed by atoms with Gasteiger partial charge >= 0.3 is 0 Å². The van der Waals surface area contributed by atoms with Gasteiger partial charge in [-0.1, -0.05) is 12.1 Å². The topological polar surface area (TPSA) is 54.9 Å². The van der Waals surface area contributed by atoms with Gasteiger partial charge in [-0.2, -0.15) is 0 Å². The highest BCUT2D eigenvalue weighted by Gasteiger charge is 2.24. The van der Waals surface area contributed by atoms with E-state index >= 15 is 0 Å². The molecule has 1 aliphatic heterocycles. The molecule has 0 bridgehead atoms. The molecular formula is C18H14FN3OS. The highest BCUT2D eigenvalue weighted by Crippen LogP contribution is 2.36. The SMILES string of the molecule is O=C(N[C@@H]1CCSc2ccc(F)cc21)c1cnc2ccccc2n1. The summed E-state index contributed by atoms with van der Waals surface area (Å²) in [5, 5.41) is 2.96. The van der Waals surface area contributed by atoms with Gasteiger partial charge in [-0.25, -0.2) is 9.37 Å². The maximum absolute atomic E-state index is 13.6. The first kappa shape index (κ1) is 15.1. The van der Waals surface area contributed by atoms with Crippen LogP contribution < -0.4 is 5.32 Å². The number of hydrogen-bond donors (Lipinski definition) is 1. The van der Waals surface area contributed by atoms with Crippen molar-refractivity contribution in [3.8, 4) is 0 Å². The molecule has 4 rings (SSSR count). The van der Waals surface area contributed by atoms with Gasteiger partial charge in [-0.05, 0) is 42.3 Å². The van der Waals surface area contributed by atoms with Crippen LogP contribution in [-0.2, 0) is 0 Å². The first-order valence-corrected chi connectivity index (χ1v) is 8.64. The molecule has 0 saturated carbocycles. The summed E-state index contributed by atoms with van der Waals surface area (Å²) in [6, 6.07) is 11.9. The van der Waals surface area contributed by atoms with Crippen molar-refractivity contribution in [1.29, 1.82) is 0 Å². The summed E-state index contributed by atoms with van der Waals surface area (Å²) in [6.45, 7) is 0. The molecule has 0 aliphatic carbocycles. The molecule has 120 valence electrons. The zero-order chi connectivity index (χ0) is 16.5. The van der Waals surface area contributed by atoms with E-state index < -0.39 is 0 Å². The number of para-hydroxylation sites is 2. The Bertz CT molecular complexity index is 931. The molecule has 6 heteroatoms. The van der Waals surface area contributed by atoms with Gasteiger partial charge in [0, 0.05) is 10.6 Å². The minimum Gasteiger partial charge on any atom is -0.344 e. The average Bonchev–Trinajstić information content (AvgIpc) is 2.62. The molecule has 0 spiro atoms. The van der Waals surface area contributed by atoms with E-state index in [4.69, 9.17) is 0 Å². The Labute approximate surface area is 142 Å². The van der Waals surface area contributed by atoms with E-state index in [9.17, 15) is 9.18 Å². The lowest BCUT2D eigenvalue weighted by atomic mass is 10.0. The standard InChI is InChI=1S/C18H14FN3OS/c19-11-5-6-17-12(9-11)13(7-8-24-17)22-18(23)16-10-20-14-3-1-2-4-15(14)21-16/h1-6,9-10,13H,7-8H2,(H,22,23)/t13-/m1/s1. The van der Waals surface area contributed by atoms with Gasteiger partial charge in [0.25, 0.3) is 5.91 Å². The lowest BCUT2D eigenvalue weighted by Gasteiger charge is -2.25. The molecule has 2 aromatic carbocycles. The number of thioether (sulfide) groups is 1. The van der Waals surface area contributed by atoms with Crippen LogP contribution in [0.2, 0.25) is 0 Å². The van der Waals surface area contributed by atoms with Gasteiger partial charge in [-0.3, -0.25) is 9.78 Å². The van der Waals surface area contributed by atoms with Crippen molar-refractivity contribution in [3.63, 3.8) is 0 Å². The van der Waals surface area contributed by atoms with Crippen LogP contribution in [0.4, 0.5) is 4.39 Å². The molecule has 1 N–H and O–H groups in total. The number of benzene rings is 2. The van der Waals surface area contributed by atoms with Gasteiger partial charge in [0.15, 0.2) is 0 Å². The van der Waals surface area contributed by atoms with E-state index in [2.05, 4.69) is 15.3 Å². The van der Waals surface area contributed by atoms with Gasteiger partial charge < -0.3 is 5.32 Å². The minimum atomic E-state index is -0.291. The molecule has 1 atom stereocenters. The van der Waals surface area contributed by atoms with Gasteiger partial charge in [0.1, 0.15) is 11.5 Å². The Kier molecular flexibility index (Phi) is 3.90. The number of nitrogens with one attached hydrogen (secondary N) is 1. The number of carbonyl (C=O) groups excluding carboxylic acids is 1. The molecule has 1 aliphatic rings. The van der Waals surface area contributed by atoms with Crippen molar-refractivity contribution >= 4 is 28.7 Å². The zero-order valence-electron chi connectivity index (χ0n) is 12.7. The summed E-state index contributed by atoms with van der Waals surface area (Å²) in [7, 11) is 0. The molecule has 0 radical (unpaired) electrons. The third-order valence-electron chi connectivity index (χ3n) is 4.00. The number of amides is 1. The summed E-state index contributed by atoms with van der Waals surface area (Å²) in [6.07, 6.45) is 2.23. The molecule has 4 nitrogen and oxygen atoms in total. The zero-order valence-corrected chi connectivity index (χ0v) is 13.5. The van der Waals surface area contributed by atoms with E-state index in [0.717, 1.165) is 28.1 Å². The van der Waals surface area contributed by atoms with Crippen LogP contribution in [-0.4, -0.2) is 21.6 Å². The number of nitrogens with zero attached hydrogens (tertiary/aromatic N) is 2. The Balaban J connectivity index is 1.61. The molecule has 0 saturated heterocycles. The molecule has 1 aromatic heterocycles. The summed E-state index contributed by atoms with van der Waals surface area (Å²) in [5.41, 5.74) is 2.52. The quantitative estimate of drug-likeness (QED) is 0.773. The van der Waals surface area contributed by atoms with Crippen LogP contribution in [0.25, 0.3) is 11.0 Å². The molecule has 3 aromatic rings. The summed E-state index contributed by atoms with van der Waals surface area (Å²) in [4.78, 5) is 22.2. The maximum atomic E-state index is 13.6. The third kappa shape index (κ3) is 2.85. The largest absolute Gasteiger partial charge is 0.344 e. The Morgan fingerprint density at radius 2 is 2.04 bits per heavy atom. The fraction of sp³-hybridized carbons (Fsp3) is 0.167. The van der Waals surface area contributed by atoms with Crippen LogP contribution in [0.1, 0.15) is 28.5 Å². The van der Waals surface area contributed by atoms with Crippen LogP contribution >= 0.6 is 11.8 Å². The van der Waals surface area contributed by atoms with Crippen molar-refractivity contribution in [2.75, 3.05) is 5.75 Å². The lowest BCUT2D eigenvalue weighted by Crippen LogP contribution is -2.31. The number of halogens is 1.